The van der Waals surface area contributed by atoms with Gasteiger partial charge in [-0.15, -0.1) is 0 Å². The van der Waals surface area contributed by atoms with Gasteiger partial charge in [0.2, 0.25) is 0 Å². The molecule has 0 aromatic rings. The largest absolute Gasteiger partial charge is 0.304 e. The van der Waals surface area contributed by atoms with E-state index in [1.54, 1.807) is 0 Å². The fourth-order valence-corrected chi connectivity index (χ4v) is 0.942. The molecule has 0 spiro atoms. The highest BCUT2D eigenvalue weighted by Gasteiger charge is 2.12. The lowest BCUT2D eigenvalue weighted by atomic mass is 10.0. The van der Waals surface area contributed by atoms with Crippen molar-refractivity contribution in [2.75, 3.05) is 6.54 Å². The number of hydrogen-bond donors (Lipinski definition) is 1. The molecule has 0 bridgehead atoms. The Kier molecular flexibility index (Phi) is 2.01. The maximum atomic E-state index is 10.2. The van der Waals surface area contributed by atoms with Gasteiger partial charge in [0.05, 0.1) is 6.04 Å². The van der Waals surface area contributed by atoms with Crippen molar-refractivity contribution < 1.29 is 4.79 Å². The summed E-state index contributed by atoms with van der Waals surface area (Å²) < 4.78 is 0. The molecule has 1 rings (SSSR count). The fourth-order valence-electron chi connectivity index (χ4n) is 0.942. The van der Waals surface area contributed by atoms with Gasteiger partial charge in [-0.2, -0.15) is 0 Å². The SMILES string of the molecule is C=C1CCC(C=O)NC1. The van der Waals surface area contributed by atoms with E-state index in [2.05, 4.69) is 11.9 Å². The van der Waals surface area contributed by atoms with Crippen molar-refractivity contribution in [1.82, 2.24) is 5.32 Å². The summed E-state index contributed by atoms with van der Waals surface area (Å²) in [6.07, 6.45) is 2.88. The molecule has 0 aromatic heterocycles. The van der Waals surface area contributed by atoms with Gasteiger partial charge in [-0.3, -0.25) is 0 Å². The van der Waals surface area contributed by atoms with Gasteiger partial charge in [0, 0.05) is 6.54 Å². The van der Waals surface area contributed by atoms with Crippen molar-refractivity contribution in [2.24, 2.45) is 0 Å². The predicted molar refractivity (Wildman–Crippen MR) is 36.2 cm³/mol. The third-order valence-electron chi connectivity index (χ3n) is 1.59. The van der Waals surface area contributed by atoms with Crippen LogP contribution in [0.5, 0.6) is 0 Å². The van der Waals surface area contributed by atoms with Crippen molar-refractivity contribution >= 4 is 6.29 Å². The maximum absolute atomic E-state index is 10.2. The van der Waals surface area contributed by atoms with Crippen molar-refractivity contribution in [3.05, 3.63) is 12.2 Å². The highest BCUT2D eigenvalue weighted by Crippen LogP contribution is 2.08. The monoisotopic (exact) mass is 125 g/mol. The van der Waals surface area contributed by atoms with Gasteiger partial charge < -0.3 is 10.1 Å². The van der Waals surface area contributed by atoms with Crippen LogP contribution in [-0.4, -0.2) is 18.9 Å². The van der Waals surface area contributed by atoms with Crippen LogP contribution in [0, 0.1) is 0 Å². The zero-order valence-electron chi connectivity index (χ0n) is 5.39. The highest BCUT2D eigenvalue weighted by molar-refractivity contribution is 5.58. The van der Waals surface area contributed by atoms with Crippen molar-refractivity contribution in [1.29, 1.82) is 0 Å². The van der Waals surface area contributed by atoms with Gasteiger partial charge in [0.1, 0.15) is 6.29 Å². The smallest absolute Gasteiger partial charge is 0.136 e. The average molecular weight is 125 g/mol. The Hall–Kier alpha value is -0.630. The molecule has 0 radical (unpaired) electrons. The quantitative estimate of drug-likeness (QED) is 0.408. The Morgan fingerprint density at radius 2 is 2.56 bits per heavy atom. The zero-order chi connectivity index (χ0) is 6.69. The lowest BCUT2D eigenvalue weighted by Gasteiger charge is -2.19. The first-order valence-corrected chi connectivity index (χ1v) is 3.18. The van der Waals surface area contributed by atoms with Crippen LogP contribution in [0.4, 0.5) is 0 Å². The van der Waals surface area contributed by atoms with Crippen LogP contribution in [0.3, 0.4) is 0 Å². The topological polar surface area (TPSA) is 29.1 Å². The van der Waals surface area contributed by atoms with Crippen molar-refractivity contribution in [3.8, 4) is 0 Å². The molecule has 0 saturated carbocycles. The summed E-state index contributed by atoms with van der Waals surface area (Å²) in [6, 6.07) is 0.0792. The van der Waals surface area contributed by atoms with Crippen LogP contribution in [0.2, 0.25) is 0 Å². The third kappa shape index (κ3) is 1.64. The van der Waals surface area contributed by atoms with E-state index in [9.17, 15) is 4.79 Å². The lowest BCUT2D eigenvalue weighted by Crippen LogP contribution is -2.35. The minimum Gasteiger partial charge on any atom is -0.304 e. The van der Waals surface area contributed by atoms with Gasteiger partial charge in [0.25, 0.3) is 0 Å². The third-order valence-corrected chi connectivity index (χ3v) is 1.59. The zero-order valence-corrected chi connectivity index (χ0v) is 5.39. The van der Waals surface area contributed by atoms with E-state index >= 15 is 0 Å². The molecule has 1 aliphatic heterocycles. The summed E-state index contributed by atoms with van der Waals surface area (Å²) in [6.45, 7) is 4.61. The number of hydrogen-bond acceptors (Lipinski definition) is 2. The Balaban J connectivity index is 2.34. The van der Waals surface area contributed by atoms with Gasteiger partial charge >= 0.3 is 0 Å². The van der Waals surface area contributed by atoms with Gasteiger partial charge in [-0.1, -0.05) is 12.2 Å². The maximum Gasteiger partial charge on any atom is 0.136 e. The molecule has 2 nitrogen and oxygen atoms in total. The second-order valence-corrected chi connectivity index (χ2v) is 2.41. The molecular formula is C7H11NO. The molecule has 0 aromatic carbocycles. The first-order valence-electron chi connectivity index (χ1n) is 3.18. The van der Waals surface area contributed by atoms with Crippen LogP contribution in [0.1, 0.15) is 12.8 Å². The normalized spacial score (nSPS) is 28.0. The predicted octanol–water partition coefficient (Wildman–Crippen LogP) is 0.493. The molecule has 1 aliphatic rings. The van der Waals surface area contributed by atoms with E-state index in [1.807, 2.05) is 0 Å². The standard InChI is InChI=1S/C7H11NO/c1-6-2-3-7(5-9)8-4-6/h5,7-8H,1-4H2. The van der Waals surface area contributed by atoms with Gasteiger partial charge in [-0.05, 0) is 12.8 Å². The first-order chi connectivity index (χ1) is 4.33. The van der Waals surface area contributed by atoms with E-state index in [-0.39, 0.29) is 6.04 Å². The van der Waals surface area contributed by atoms with Crippen LogP contribution in [0.15, 0.2) is 12.2 Å². The van der Waals surface area contributed by atoms with Crippen LogP contribution in [-0.2, 0) is 4.79 Å². The first kappa shape index (κ1) is 6.49. The number of nitrogens with one attached hydrogen (secondary N) is 1. The van der Waals surface area contributed by atoms with Crippen molar-refractivity contribution in [3.63, 3.8) is 0 Å². The molecule has 9 heavy (non-hydrogen) atoms. The summed E-state index contributed by atoms with van der Waals surface area (Å²) >= 11 is 0. The van der Waals surface area contributed by atoms with E-state index in [1.165, 1.54) is 5.57 Å². The van der Waals surface area contributed by atoms with E-state index in [4.69, 9.17) is 0 Å². The van der Waals surface area contributed by atoms with Gasteiger partial charge in [0.15, 0.2) is 0 Å². The summed E-state index contributed by atoms with van der Waals surface area (Å²) in [5.41, 5.74) is 1.20. The van der Waals surface area contributed by atoms with Crippen LogP contribution < -0.4 is 5.32 Å². The number of carbonyl (C=O) groups is 1. The summed E-state index contributed by atoms with van der Waals surface area (Å²) in [5.74, 6) is 0. The number of aldehydes is 1. The minimum atomic E-state index is 0.0792. The second kappa shape index (κ2) is 2.78. The molecule has 0 amide bonds. The van der Waals surface area contributed by atoms with E-state index < -0.39 is 0 Å². The number of rotatable bonds is 1. The van der Waals surface area contributed by atoms with Gasteiger partial charge in [-0.25, -0.2) is 0 Å². The molecule has 0 aliphatic carbocycles. The number of piperidine rings is 1. The number of carbonyl (C=O) groups excluding carboxylic acids is 1. The second-order valence-electron chi connectivity index (χ2n) is 2.41. The molecule has 1 fully saturated rings. The van der Waals surface area contributed by atoms with Crippen LogP contribution in [0.25, 0.3) is 0 Å². The molecule has 1 heterocycles. The van der Waals surface area contributed by atoms with Crippen LogP contribution >= 0.6 is 0 Å². The molecule has 1 saturated heterocycles. The summed E-state index contributed by atoms with van der Waals surface area (Å²) in [4.78, 5) is 10.2. The minimum absolute atomic E-state index is 0.0792. The Labute approximate surface area is 54.9 Å². The molecule has 1 atom stereocenters. The highest BCUT2D eigenvalue weighted by atomic mass is 16.1. The molecule has 50 valence electrons. The summed E-state index contributed by atoms with van der Waals surface area (Å²) in [5, 5.41) is 3.05. The summed E-state index contributed by atoms with van der Waals surface area (Å²) in [7, 11) is 0. The van der Waals surface area contributed by atoms with E-state index in [0.29, 0.717) is 0 Å². The van der Waals surface area contributed by atoms with Crippen molar-refractivity contribution in [2.45, 2.75) is 18.9 Å². The molecular weight excluding hydrogens is 114 g/mol. The Morgan fingerprint density at radius 3 is 3.00 bits per heavy atom. The average Bonchev–Trinajstić information content (AvgIpc) is 1.90. The van der Waals surface area contributed by atoms with E-state index in [0.717, 1.165) is 25.7 Å². The molecule has 1 unspecified atom stereocenters. The fraction of sp³-hybridized carbons (Fsp3) is 0.571. The lowest BCUT2D eigenvalue weighted by molar-refractivity contribution is -0.109. The Morgan fingerprint density at radius 1 is 1.78 bits per heavy atom. The molecule has 1 N–H and O–H groups in total. The molecule has 2 heteroatoms. The Bertz CT molecular complexity index is 121.